The van der Waals surface area contributed by atoms with Crippen molar-refractivity contribution in [2.75, 3.05) is 11.9 Å². The first kappa shape index (κ1) is 20.5. The molecule has 0 aliphatic rings. The summed E-state index contributed by atoms with van der Waals surface area (Å²) in [6, 6.07) is 16.6. The lowest BCUT2D eigenvalue weighted by atomic mass is 10.1. The van der Waals surface area contributed by atoms with Crippen molar-refractivity contribution in [2.24, 2.45) is 5.16 Å². The van der Waals surface area contributed by atoms with Gasteiger partial charge < -0.3 is 4.74 Å². The third-order valence-corrected chi connectivity index (χ3v) is 4.00. The molecule has 0 aliphatic heterocycles. The highest BCUT2D eigenvalue weighted by Crippen LogP contribution is 2.16. The fourth-order valence-corrected chi connectivity index (χ4v) is 2.52. The van der Waals surface area contributed by atoms with Gasteiger partial charge in [-0.2, -0.15) is 0 Å². The zero-order valence-corrected chi connectivity index (χ0v) is 15.9. The third kappa shape index (κ3) is 8.90. The van der Waals surface area contributed by atoms with E-state index in [1.54, 1.807) is 12.1 Å². The van der Waals surface area contributed by atoms with E-state index < -0.39 is 6.09 Å². The second-order valence-corrected chi connectivity index (χ2v) is 6.29. The second-order valence-electron chi connectivity index (χ2n) is 6.29. The lowest BCUT2D eigenvalue weighted by Gasteiger charge is -2.07. The number of anilines is 1. The van der Waals surface area contributed by atoms with Gasteiger partial charge in [0, 0.05) is 5.69 Å². The lowest BCUT2D eigenvalue weighted by Crippen LogP contribution is -2.10. The van der Waals surface area contributed by atoms with Gasteiger partial charge in [-0.15, -0.1) is 0 Å². The van der Waals surface area contributed by atoms with Crippen LogP contribution in [0.2, 0.25) is 0 Å². The smallest absolute Gasteiger partial charge is 0.437 e. The second kappa shape index (κ2) is 12.5. The van der Waals surface area contributed by atoms with Crippen LogP contribution in [0.1, 0.15) is 51.0 Å². The first-order chi connectivity index (χ1) is 13.3. The van der Waals surface area contributed by atoms with E-state index in [0.29, 0.717) is 5.69 Å². The SMILES string of the molecule is CCCCCCCCOc1ccc(NC(=O)O/N=C/c2ccccc2)cc1. The number of carbonyl (C=O) groups is 1. The number of benzene rings is 2. The van der Waals surface area contributed by atoms with E-state index in [0.717, 1.165) is 24.3 Å². The highest BCUT2D eigenvalue weighted by molar-refractivity contribution is 5.85. The Morgan fingerprint density at radius 2 is 1.67 bits per heavy atom. The Hall–Kier alpha value is -2.82. The van der Waals surface area contributed by atoms with Gasteiger partial charge in [-0.25, -0.2) is 4.79 Å². The molecule has 0 fully saturated rings. The average Bonchev–Trinajstić information content (AvgIpc) is 2.69. The van der Waals surface area contributed by atoms with Crippen LogP contribution in [0.5, 0.6) is 5.75 Å². The highest BCUT2D eigenvalue weighted by atomic mass is 16.7. The predicted octanol–water partition coefficient (Wildman–Crippen LogP) is 6.01. The standard InChI is InChI=1S/C22H28N2O3/c1-2-3-4-5-6-10-17-26-21-15-13-20(14-16-21)24-22(25)27-23-18-19-11-8-7-9-12-19/h7-9,11-16,18H,2-6,10,17H2,1H3,(H,24,25)/b23-18+. The summed E-state index contributed by atoms with van der Waals surface area (Å²) in [4.78, 5) is 16.5. The van der Waals surface area contributed by atoms with Crippen molar-refractivity contribution >= 4 is 18.0 Å². The van der Waals surface area contributed by atoms with E-state index >= 15 is 0 Å². The van der Waals surface area contributed by atoms with Crippen LogP contribution >= 0.6 is 0 Å². The summed E-state index contributed by atoms with van der Waals surface area (Å²) in [5.41, 5.74) is 1.49. The Labute approximate surface area is 161 Å². The normalized spacial score (nSPS) is 10.7. The molecule has 2 aromatic carbocycles. The third-order valence-electron chi connectivity index (χ3n) is 4.00. The van der Waals surface area contributed by atoms with Gasteiger partial charge in [-0.1, -0.05) is 74.5 Å². The maximum atomic E-state index is 11.7. The van der Waals surface area contributed by atoms with E-state index in [-0.39, 0.29) is 0 Å². The van der Waals surface area contributed by atoms with Crippen molar-refractivity contribution in [3.05, 3.63) is 60.2 Å². The first-order valence-electron chi connectivity index (χ1n) is 9.57. The van der Waals surface area contributed by atoms with Crippen LogP contribution in [-0.2, 0) is 4.84 Å². The van der Waals surface area contributed by atoms with Gasteiger partial charge in [0.05, 0.1) is 12.8 Å². The molecule has 0 aromatic heterocycles. The number of hydrogen-bond acceptors (Lipinski definition) is 4. The molecular formula is C22H28N2O3. The maximum Gasteiger partial charge on any atom is 0.437 e. The number of nitrogens with one attached hydrogen (secondary N) is 1. The highest BCUT2D eigenvalue weighted by Gasteiger charge is 2.03. The van der Waals surface area contributed by atoms with Crippen molar-refractivity contribution in [3.8, 4) is 5.75 Å². The van der Waals surface area contributed by atoms with Crippen LogP contribution in [0.25, 0.3) is 0 Å². The molecule has 1 N–H and O–H groups in total. The quantitative estimate of drug-likeness (QED) is 0.229. The summed E-state index contributed by atoms with van der Waals surface area (Å²) < 4.78 is 5.72. The Morgan fingerprint density at radius 1 is 0.963 bits per heavy atom. The minimum absolute atomic E-state index is 0.627. The van der Waals surface area contributed by atoms with Gasteiger partial charge >= 0.3 is 6.09 Å². The number of hydrogen-bond donors (Lipinski definition) is 1. The van der Waals surface area contributed by atoms with Gasteiger partial charge in [0.2, 0.25) is 0 Å². The molecule has 5 nitrogen and oxygen atoms in total. The lowest BCUT2D eigenvalue weighted by molar-refractivity contribution is 0.167. The van der Waals surface area contributed by atoms with Crippen molar-refractivity contribution in [2.45, 2.75) is 45.4 Å². The van der Waals surface area contributed by atoms with Crippen molar-refractivity contribution in [1.82, 2.24) is 0 Å². The van der Waals surface area contributed by atoms with Gasteiger partial charge in [0.25, 0.3) is 0 Å². The fourth-order valence-electron chi connectivity index (χ4n) is 2.52. The number of oxime groups is 1. The molecule has 144 valence electrons. The molecular weight excluding hydrogens is 340 g/mol. The zero-order chi connectivity index (χ0) is 19.2. The van der Waals surface area contributed by atoms with E-state index in [1.807, 2.05) is 42.5 Å². The van der Waals surface area contributed by atoms with Crippen LogP contribution in [-0.4, -0.2) is 18.9 Å². The Morgan fingerprint density at radius 3 is 2.41 bits per heavy atom. The van der Waals surface area contributed by atoms with E-state index in [1.165, 1.54) is 38.3 Å². The molecule has 2 aromatic rings. The molecule has 27 heavy (non-hydrogen) atoms. The Bertz CT molecular complexity index is 684. The largest absolute Gasteiger partial charge is 0.494 e. The predicted molar refractivity (Wildman–Crippen MR) is 109 cm³/mol. The Kier molecular flexibility index (Phi) is 9.50. The van der Waals surface area contributed by atoms with Gasteiger partial charge in [0.1, 0.15) is 5.75 Å². The monoisotopic (exact) mass is 368 g/mol. The molecule has 0 aliphatic carbocycles. The minimum Gasteiger partial charge on any atom is -0.494 e. The fraction of sp³-hybridized carbons (Fsp3) is 0.364. The summed E-state index contributed by atoms with van der Waals surface area (Å²) in [5.74, 6) is 0.796. The van der Waals surface area contributed by atoms with E-state index in [4.69, 9.17) is 9.57 Å². The number of carbonyl (C=O) groups excluding carboxylic acids is 1. The number of amides is 1. The summed E-state index contributed by atoms with van der Waals surface area (Å²) in [7, 11) is 0. The summed E-state index contributed by atoms with van der Waals surface area (Å²) >= 11 is 0. The Balaban J connectivity index is 1.64. The molecule has 0 radical (unpaired) electrons. The zero-order valence-electron chi connectivity index (χ0n) is 15.9. The topological polar surface area (TPSA) is 59.9 Å². The molecule has 2 rings (SSSR count). The van der Waals surface area contributed by atoms with Crippen molar-refractivity contribution in [3.63, 3.8) is 0 Å². The van der Waals surface area contributed by atoms with Crippen LogP contribution in [0.3, 0.4) is 0 Å². The maximum absolute atomic E-state index is 11.7. The van der Waals surface area contributed by atoms with Crippen molar-refractivity contribution in [1.29, 1.82) is 0 Å². The van der Waals surface area contributed by atoms with Crippen LogP contribution < -0.4 is 10.1 Å². The molecule has 0 saturated heterocycles. The molecule has 1 amide bonds. The van der Waals surface area contributed by atoms with Crippen LogP contribution in [0.4, 0.5) is 10.5 Å². The summed E-state index contributed by atoms with van der Waals surface area (Å²) in [6.07, 6.45) is 8.28. The molecule has 0 atom stereocenters. The molecule has 0 unspecified atom stereocenters. The van der Waals surface area contributed by atoms with Crippen LogP contribution in [0, 0.1) is 0 Å². The number of ether oxygens (including phenoxy) is 1. The van der Waals surface area contributed by atoms with Crippen LogP contribution in [0.15, 0.2) is 59.8 Å². The summed E-state index contributed by atoms with van der Waals surface area (Å²) in [5, 5.41) is 6.29. The number of unbranched alkanes of at least 4 members (excludes halogenated alkanes) is 5. The average molecular weight is 368 g/mol. The summed E-state index contributed by atoms with van der Waals surface area (Å²) in [6.45, 7) is 2.94. The first-order valence-corrected chi connectivity index (χ1v) is 9.57. The number of rotatable bonds is 11. The molecule has 0 bridgehead atoms. The minimum atomic E-state index is -0.636. The number of nitrogens with zero attached hydrogens (tertiary/aromatic N) is 1. The molecule has 0 spiro atoms. The van der Waals surface area contributed by atoms with Gasteiger partial charge in [-0.05, 0) is 36.2 Å². The van der Waals surface area contributed by atoms with Crippen molar-refractivity contribution < 1.29 is 14.4 Å². The molecule has 5 heteroatoms. The van der Waals surface area contributed by atoms with E-state index in [2.05, 4.69) is 17.4 Å². The van der Waals surface area contributed by atoms with E-state index in [9.17, 15) is 4.79 Å². The van der Waals surface area contributed by atoms with Gasteiger partial charge in [-0.3, -0.25) is 10.2 Å². The molecule has 0 heterocycles. The van der Waals surface area contributed by atoms with Gasteiger partial charge in [0.15, 0.2) is 0 Å². The molecule has 0 saturated carbocycles.